The van der Waals surface area contributed by atoms with Gasteiger partial charge in [0.05, 0.1) is 10.5 Å². The number of carbonyl (C=O) groups excluding carboxylic acids is 1. The molecule has 0 aliphatic rings. The van der Waals surface area contributed by atoms with E-state index >= 15 is 0 Å². The van der Waals surface area contributed by atoms with Crippen molar-refractivity contribution < 1.29 is 9.18 Å². The van der Waals surface area contributed by atoms with Crippen molar-refractivity contribution in [3.63, 3.8) is 0 Å². The molecule has 0 fully saturated rings. The molecule has 0 saturated heterocycles. The van der Waals surface area contributed by atoms with Crippen LogP contribution in [-0.2, 0) is 0 Å². The lowest BCUT2D eigenvalue weighted by Gasteiger charge is -2.07. The molecule has 0 aliphatic carbocycles. The third-order valence-electron chi connectivity index (χ3n) is 3.40. The second-order valence-corrected chi connectivity index (χ2v) is 5.82. The van der Waals surface area contributed by atoms with Crippen LogP contribution in [0.4, 0.5) is 10.1 Å². The second-order valence-electron chi connectivity index (χ2n) is 5.41. The van der Waals surface area contributed by atoms with Gasteiger partial charge in [0.2, 0.25) is 0 Å². The summed E-state index contributed by atoms with van der Waals surface area (Å²) in [7, 11) is 0. The third kappa shape index (κ3) is 3.03. The predicted octanol–water partition coefficient (Wildman–Crippen LogP) is 4.06. The summed E-state index contributed by atoms with van der Waals surface area (Å²) in [6, 6.07) is 9.37. The van der Waals surface area contributed by atoms with Gasteiger partial charge in [-0.05, 0) is 50.2 Å². The molecule has 0 unspecified atom stereocenters. The monoisotopic (exact) mass is 332 g/mol. The van der Waals surface area contributed by atoms with E-state index in [1.807, 2.05) is 19.9 Å². The van der Waals surface area contributed by atoms with E-state index in [9.17, 15) is 9.18 Å². The van der Waals surface area contributed by atoms with Gasteiger partial charge in [0.15, 0.2) is 0 Å². The Morgan fingerprint density at radius 3 is 2.74 bits per heavy atom. The number of fused-ring (bicyclic) bond motifs is 1. The van der Waals surface area contributed by atoms with E-state index in [4.69, 9.17) is 11.6 Å². The van der Waals surface area contributed by atoms with Gasteiger partial charge >= 0.3 is 0 Å². The SMILES string of the molecule is CC(C)n1nnc2cc(C(=O)Nc3ccc(F)c(Cl)c3)ccc21. The fourth-order valence-corrected chi connectivity index (χ4v) is 2.42. The van der Waals surface area contributed by atoms with E-state index in [1.54, 1.807) is 16.8 Å². The topological polar surface area (TPSA) is 59.8 Å². The summed E-state index contributed by atoms with van der Waals surface area (Å²) < 4.78 is 14.9. The summed E-state index contributed by atoms with van der Waals surface area (Å²) in [5.41, 5.74) is 2.37. The van der Waals surface area contributed by atoms with Gasteiger partial charge in [0.1, 0.15) is 11.3 Å². The number of aromatic nitrogens is 3. The van der Waals surface area contributed by atoms with Crippen molar-refractivity contribution in [1.29, 1.82) is 0 Å². The van der Waals surface area contributed by atoms with Gasteiger partial charge in [-0.2, -0.15) is 0 Å². The average molecular weight is 333 g/mol. The Hall–Kier alpha value is -2.47. The molecule has 1 aromatic heterocycles. The minimum Gasteiger partial charge on any atom is -0.322 e. The van der Waals surface area contributed by atoms with Gasteiger partial charge < -0.3 is 5.32 Å². The fourth-order valence-electron chi connectivity index (χ4n) is 2.24. The molecule has 118 valence electrons. The highest BCUT2D eigenvalue weighted by Gasteiger charge is 2.12. The summed E-state index contributed by atoms with van der Waals surface area (Å²) in [5, 5.41) is 10.8. The molecule has 0 atom stereocenters. The van der Waals surface area contributed by atoms with Gasteiger partial charge in [0, 0.05) is 17.3 Å². The maximum atomic E-state index is 13.1. The molecule has 0 aliphatic heterocycles. The molecule has 1 amide bonds. The standard InChI is InChI=1S/C16H14ClFN4O/c1-9(2)22-15-6-3-10(7-14(15)20-21-22)16(23)19-11-4-5-13(18)12(17)8-11/h3-9H,1-2H3,(H,19,23). The molecule has 2 aromatic carbocycles. The highest BCUT2D eigenvalue weighted by Crippen LogP contribution is 2.21. The van der Waals surface area contributed by atoms with Gasteiger partial charge in [-0.1, -0.05) is 16.8 Å². The maximum absolute atomic E-state index is 13.1. The highest BCUT2D eigenvalue weighted by molar-refractivity contribution is 6.31. The number of anilines is 1. The van der Waals surface area contributed by atoms with E-state index in [0.717, 1.165) is 5.52 Å². The summed E-state index contributed by atoms with van der Waals surface area (Å²) >= 11 is 5.71. The summed E-state index contributed by atoms with van der Waals surface area (Å²) in [5.74, 6) is -0.856. The Balaban J connectivity index is 1.87. The van der Waals surface area contributed by atoms with Crippen LogP contribution < -0.4 is 5.32 Å². The molecule has 0 bridgehead atoms. The zero-order valence-electron chi connectivity index (χ0n) is 12.5. The number of halogens is 2. The number of nitrogens with one attached hydrogen (secondary N) is 1. The van der Waals surface area contributed by atoms with E-state index in [1.165, 1.54) is 18.2 Å². The first-order valence-corrected chi connectivity index (χ1v) is 7.45. The number of nitrogens with zero attached hydrogens (tertiary/aromatic N) is 3. The molecule has 0 saturated carbocycles. The molecular weight excluding hydrogens is 319 g/mol. The Morgan fingerprint density at radius 1 is 1.26 bits per heavy atom. The summed E-state index contributed by atoms with van der Waals surface area (Å²) in [6.07, 6.45) is 0. The Bertz CT molecular complexity index is 891. The first-order valence-electron chi connectivity index (χ1n) is 7.07. The Labute approximate surface area is 137 Å². The molecule has 1 N–H and O–H groups in total. The average Bonchev–Trinajstić information content (AvgIpc) is 2.94. The lowest BCUT2D eigenvalue weighted by atomic mass is 10.1. The molecule has 3 aromatic rings. The molecule has 3 rings (SSSR count). The van der Waals surface area contributed by atoms with Crippen LogP contribution in [0.3, 0.4) is 0 Å². The number of rotatable bonds is 3. The van der Waals surface area contributed by atoms with E-state index < -0.39 is 5.82 Å². The van der Waals surface area contributed by atoms with Crippen LogP contribution >= 0.6 is 11.6 Å². The number of amides is 1. The molecule has 1 heterocycles. The predicted molar refractivity (Wildman–Crippen MR) is 87.3 cm³/mol. The van der Waals surface area contributed by atoms with Gasteiger partial charge in [-0.3, -0.25) is 4.79 Å². The van der Waals surface area contributed by atoms with Crippen LogP contribution in [0.1, 0.15) is 30.2 Å². The van der Waals surface area contributed by atoms with E-state index in [2.05, 4.69) is 15.6 Å². The minimum atomic E-state index is -0.531. The van der Waals surface area contributed by atoms with Crippen molar-refractivity contribution in [1.82, 2.24) is 15.0 Å². The van der Waals surface area contributed by atoms with Crippen molar-refractivity contribution >= 4 is 34.2 Å². The molecule has 23 heavy (non-hydrogen) atoms. The number of hydrogen-bond acceptors (Lipinski definition) is 3. The van der Waals surface area contributed by atoms with Gasteiger partial charge in [-0.25, -0.2) is 9.07 Å². The fraction of sp³-hybridized carbons (Fsp3) is 0.188. The van der Waals surface area contributed by atoms with Gasteiger partial charge in [0.25, 0.3) is 5.91 Å². The quantitative estimate of drug-likeness (QED) is 0.787. The minimum absolute atomic E-state index is 0.0434. The lowest BCUT2D eigenvalue weighted by molar-refractivity contribution is 0.102. The smallest absolute Gasteiger partial charge is 0.255 e. The molecule has 5 nitrogen and oxygen atoms in total. The molecular formula is C16H14ClFN4O. The Morgan fingerprint density at radius 2 is 2.04 bits per heavy atom. The van der Waals surface area contributed by atoms with Crippen LogP contribution in [0.2, 0.25) is 5.02 Å². The Kier molecular flexibility index (Phi) is 4.00. The third-order valence-corrected chi connectivity index (χ3v) is 3.69. The number of hydrogen-bond donors (Lipinski definition) is 1. The van der Waals surface area contributed by atoms with Crippen molar-refractivity contribution in [3.05, 3.63) is 52.8 Å². The van der Waals surface area contributed by atoms with Crippen LogP contribution in [0, 0.1) is 5.82 Å². The van der Waals surface area contributed by atoms with Crippen molar-refractivity contribution in [3.8, 4) is 0 Å². The van der Waals surface area contributed by atoms with Crippen molar-refractivity contribution in [2.45, 2.75) is 19.9 Å². The number of carbonyl (C=O) groups is 1. The first kappa shape index (κ1) is 15.4. The second kappa shape index (κ2) is 5.96. The van der Waals surface area contributed by atoms with Crippen LogP contribution in [0.5, 0.6) is 0 Å². The van der Waals surface area contributed by atoms with Crippen LogP contribution in [-0.4, -0.2) is 20.9 Å². The van der Waals surface area contributed by atoms with Crippen molar-refractivity contribution in [2.24, 2.45) is 0 Å². The van der Waals surface area contributed by atoms with Gasteiger partial charge in [-0.15, -0.1) is 5.10 Å². The first-order chi connectivity index (χ1) is 11.0. The van der Waals surface area contributed by atoms with Crippen molar-refractivity contribution in [2.75, 3.05) is 5.32 Å². The molecule has 0 radical (unpaired) electrons. The number of benzene rings is 2. The summed E-state index contributed by atoms with van der Waals surface area (Å²) in [4.78, 5) is 12.3. The lowest BCUT2D eigenvalue weighted by Crippen LogP contribution is -2.12. The zero-order valence-corrected chi connectivity index (χ0v) is 13.3. The summed E-state index contributed by atoms with van der Waals surface area (Å²) in [6.45, 7) is 4.01. The molecule has 0 spiro atoms. The highest BCUT2D eigenvalue weighted by atomic mass is 35.5. The molecule has 7 heteroatoms. The normalized spacial score (nSPS) is 11.2. The van der Waals surface area contributed by atoms with E-state index in [0.29, 0.717) is 16.8 Å². The van der Waals surface area contributed by atoms with Crippen LogP contribution in [0.25, 0.3) is 11.0 Å². The van der Waals surface area contributed by atoms with Crippen LogP contribution in [0.15, 0.2) is 36.4 Å². The van der Waals surface area contributed by atoms with E-state index in [-0.39, 0.29) is 17.0 Å². The maximum Gasteiger partial charge on any atom is 0.255 e. The zero-order chi connectivity index (χ0) is 16.6. The largest absolute Gasteiger partial charge is 0.322 e.